The number of ether oxygens (including phenoxy) is 3. The molecule has 1 aromatic carbocycles. The Hall–Kier alpha value is -2.36. The van der Waals surface area contributed by atoms with Gasteiger partial charge in [0, 0.05) is 12.1 Å². The monoisotopic (exact) mass is 307 g/mol. The van der Waals surface area contributed by atoms with Gasteiger partial charge in [-0.25, -0.2) is 4.79 Å². The van der Waals surface area contributed by atoms with Gasteiger partial charge in [0.1, 0.15) is 5.75 Å². The average molecular weight is 307 g/mol. The Morgan fingerprint density at radius 3 is 1.95 bits per heavy atom. The van der Waals surface area contributed by atoms with Crippen LogP contribution in [0.3, 0.4) is 0 Å². The smallest absolute Gasteiger partial charge is 0.421 e. The fourth-order valence-corrected chi connectivity index (χ4v) is 1.93. The summed E-state index contributed by atoms with van der Waals surface area (Å²) in [4.78, 5) is 10.4. The summed E-state index contributed by atoms with van der Waals surface area (Å²) in [6.45, 7) is 0. The third-order valence-electron chi connectivity index (χ3n) is 2.08. The lowest BCUT2D eigenvalue weighted by atomic mass is 10.2. The lowest BCUT2D eigenvalue weighted by Gasteiger charge is -2.14. The van der Waals surface area contributed by atoms with Crippen LogP contribution in [-0.4, -0.2) is 40.9 Å². The van der Waals surface area contributed by atoms with E-state index in [4.69, 9.17) is 19.3 Å². The Morgan fingerprint density at radius 1 is 1.10 bits per heavy atom. The second kappa shape index (κ2) is 6.19. The van der Waals surface area contributed by atoms with Crippen LogP contribution >= 0.6 is 0 Å². The highest BCUT2D eigenvalue weighted by Gasteiger charge is 2.23. The molecule has 112 valence electrons. The van der Waals surface area contributed by atoms with Gasteiger partial charge in [-0.2, -0.15) is 13.1 Å². The molecule has 1 rings (SSSR count). The van der Waals surface area contributed by atoms with Crippen LogP contribution in [-0.2, 0) is 10.3 Å². The maximum Gasteiger partial charge on any atom is 0.421 e. The molecule has 0 unspecified atom stereocenters. The molecule has 0 heterocycles. The van der Waals surface area contributed by atoms with Gasteiger partial charge < -0.3 is 23.5 Å². The van der Waals surface area contributed by atoms with Crippen LogP contribution < -0.4 is 23.1 Å². The molecule has 0 saturated heterocycles. The first-order chi connectivity index (χ1) is 9.32. The highest BCUT2D eigenvalue weighted by molar-refractivity contribution is 7.85. The van der Waals surface area contributed by atoms with Gasteiger partial charge >= 0.3 is 16.4 Å². The van der Waals surface area contributed by atoms with E-state index in [2.05, 4.69) is 4.18 Å². The summed E-state index contributed by atoms with van der Waals surface area (Å²) < 4.78 is 43.6. The molecule has 1 aromatic rings. The molecule has 0 atom stereocenters. The first-order valence-electron chi connectivity index (χ1n) is 5.08. The lowest BCUT2D eigenvalue weighted by molar-refractivity contribution is 0.200. The van der Waals surface area contributed by atoms with E-state index in [1.165, 1.54) is 38.2 Å². The number of amides is 1. The van der Waals surface area contributed by atoms with Gasteiger partial charge in [0.15, 0.2) is 11.5 Å². The zero-order valence-electron chi connectivity index (χ0n) is 10.9. The van der Waals surface area contributed by atoms with Crippen molar-refractivity contribution in [1.29, 1.82) is 0 Å². The molecule has 0 aliphatic rings. The molecular formula is C10H13NO8S. The molecule has 0 fully saturated rings. The number of nitrogens with one attached hydrogen (secondary N) is 1. The van der Waals surface area contributed by atoms with Crippen molar-refractivity contribution in [2.45, 2.75) is 0 Å². The predicted molar refractivity (Wildman–Crippen MR) is 66.8 cm³/mol. The number of hydrogen-bond donors (Lipinski definition) is 2. The van der Waals surface area contributed by atoms with Crippen molar-refractivity contribution in [2.24, 2.45) is 0 Å². The Labute approximate surface area is 115 Å². The maximum absolute atomic E-state index is 11.4. The second-order valence-electron chi connectivity index (χ2n) is 3.31. The summed E-state index contributed by atoms with van der Waals surface area (Å²) in [7, 11) is -0.617. The summed E-state index contributed by atoms with van der Waals surface area (Å²) in [5.74, 6) is 0.0353. The second-order valence-corrected chi connectivity index (χ2v) is 4.58. The molecule has 0 radical (unpaired) electrons. The van der Waals surface area contributed by atoms with E-state index in [0.717, 1.165) is 0 Å². The van der Waals surface area contributed by atoms with Crippen molar-refractivity contribution >= 4 is 16.4 Å². The molecule has 0 spiro atoms. The Morgan fingerprint density at radius 2 is 1.60 bits per heavy atom. The summed E-state index contributed by atoms with van der Waals surface area (Å²) >= 11 is 0. The summed E-state index contributed by atoms with van der Waals surface area (Å²) in [6, 6.07) is 2.71. The third-order valence-corrected chi connectivity index (χ3v) is 2.89. The van der Waals surface area contributed by atoms with Crippen molar-refractivity contribution in [3.8, 4) is 23.0 Å². The molecule has 0 aliphatic heterocycles. The largest absolute Gasteiger partial charge is 0.496 e. The quantitative estimate of drug-likeness (QED) is 0.784. The zero-order chi connectivity index (χ0) is 15.3. The molecule has 0 aromatic heterocycles. The fourth-order valence-electron chi connectivity index (χ4n) is 1.29. The number of rotatable bonds is 6. The number of benzene rings is 1. The maximum atomic E-state index is 11.4. The molecular weight excluding hydrogens is 294 g/mol. The average Bonchev–Trinajstić information content (AvgIpc) is 2.36. The van der Waals surface area contributed by atoms with E-state index >= 15 is 0 Å². The van der Waals surface area contributed by atoms with Crippen molar-refractivity contribution in [2.75, 3.05) is 21.3 Å². The Kier molecular flexibility index (Phi) is 4.86. The van der Waals surface area contributed by atoms with E-state index in [9.17, 15) is 13.2 Å². The van der Waals surface area contributed by atoms with Gasteiger partial charge in [0.05, 0.1) is 21.3 Å². The minimum absolute atomic E-state index is 0.00281. The number of hydrogen-bond acceptors (Lipinski definition) is 7. The summed E-state index contributed by atoms with van der Waals surface area (Å²) in [5, 5.41) is 8.41. The predicted octanol–water partition coefficient (Wildman–Crippen LogP) is 0.604. The molecule has 2 N–H and O–H groups in total. The van der Waals surface area contributed by atoms with Gasteiger partial charge in [-0.1, -0.05) is 0 Å². The van der Waals surface area contributed by atoms with Crippen molar-refractivity contribution < 1.29 is 36.7 Å². The van der Waals surface area contributed by atoms with E-state index in [0.29, 0.717) is 5.75 Å². The van der Waals surface area contributed by atoms with Gasteiger partial charge in [-0.3, -0.25) is 0 Å². The van der Waals surface area contributed by atoms with E-state index < -0.39 is 16.4 Å². The molecule has 0 bridgehead atoms. The normalized spacial score (nSPS) is 10.6. The first-order valence-corrected chi connectivity index (χ1v) is 6.49. The van der Waals surface area contributed by atoms with Crippen LogP contribution in [0.4, 0.5) is 4.79 Å². The molecule has 0 aliphatic carbocycles. The van der Waals surface area contributed by atoms with Crippen LogP contribution in [0, 0.1) is 0 Å². The standard InChI is InChI=1S/C10H13NO8S/c1-16-6-4-7(17-2)9(8(5-6)18-3)19-20(14,15)11-10(12)13/h4-5,11H,1-3H3,(H,12,13). The minimum atomic E-state index is -4.57. The molecule has 20 heavy (non-hydrogen) atoms. The molecule has 0 saturated carbocycles. The summed E-state index contributed by atoms with van der Waals surface area (Å²) in [5.41, 5.74) is 0. The molecule has 1 amide bonds. The van der Waals surface area contributed by atoms with Gasteiger partial charge in [-0.05, 0) is 0 Å². The van der Waals surface area contributed by atoms with Crippen molar-refractivity contribution in [1.82, 2.24) is 4.72 Å². The Balaban J connectivity index is 3.26. The van der Waals surface area contributed by atoms with Gasteiger partial charge in [0.25, 0.3) is 0 Å². The summed E-state index contributed by atoms with van der Waals surface area (Å²) in [6.07, 6.45) is -1.78. The number of carbonyl (C=O) groups is 1. The van der Waals surface area contributed by atoms with Crippen molar-refractivity contribution in [3.63, 3.8) is 0 Å². The highest BCUT2D eigenvalue weighted by Crippen LogP contribution is 2.41. The van der Waals surface area contributed by atoms with Crippen LogP contribution in [0.25, 0.3) is 0 Å². The SMILES string of the molecule is COc1cc(OC)c(OS(=O)(=O)NC(=O)O)c(OC)c1. The van der Waals surface area contributed by atoms with Crippen LogP contribution in [0.1, 0.15) is 0 Å². The Bertz CT molecular complexity index is 572. The van der Waals surface area contributed by atoms with E-state index in [1.807, 2.05) is 0 Å². The number of carboxylic acid groups (broad SMARTS) is 1. The van der Waals surface area contributed by atoms with E-state index in [-0.39, 0.29) is 17.2 Å². The van der Waals surface area contributed by atoms with Crippen LogP contribution in [0.15, 0.2) is 12.1 Å². The fraction of sp³-hybridized carbons (Fsp3) is 0.300. The topological polar surface area (TPSA) is 120 Å². The van der Waals surface area contributed by atoms with Gasteiger partial charge in [0.2, 0.25) is 5.75 Å². The van der Waals surface area contributed by atoms with Crippen LogP contribution in [0.2, 0.25) is 0 Å². The minimum Gasteiger partial charge on any atom is -0.496 e. The zero-order valence-corrected chi connectivity index (χ0v) is 11.7. The number of methoxy groups -OCH3 is 3. The highest BCUT2D eigenvalue weighted by atomic mass is 32.2. The molecule has 10 heteroatoms. The van der Waals surface area contributed by atoms with Crippen molar-refractivity contribution in [3.05, 3.63) is 12.1 Å². The van der Waals surface area contributed by atoms with Gasteiger partial charge in [-0.15, -0.1) is 0 Å². The van der Waals surface area contributed by atoms with Crippen LogP contribution in [0.5, 0.6) is 23.0 Å². The third kappa shape index (κ3) is 3.82. The molecule has 9 nitrogen and oxygen atoms in total. The first kappa shape index (κ1) is 15.7. The lowest BCUT2D eigenvalue weighted by Crippen LogP contribution is -2.32. The van der Waals surface area contributed by atoms with E-state index in [1.54, 1.807) is 0 Å².